The third-order valence-corrected chi connectivity index (χ3v) is 2.22. The average Bonchev–Trinajstić information content (AvgIpc) is 2.85. The van der Waals surface area contributed by atoms with Crippen molar-refractivity contribution in [3.8, 4) is 11.6 Å². The van der Waals surface area contributed by atoms with Crippen LogP contribution in [0.3, 0.4) is 0 Å². The molecule has 0 aliphatic carbocycles. The highest BCUT2D eigenvalue weighted by molar-refractivity contribution is 5.85. The van der Waals surface area contributed by atoms with Gasteiger partial charge in [-0.25, -0.2) is 14.5 Å². The summed E-state index contributed by atoms with van der Waals surface area (Å²) in [5.74, 6) is 0.0205. The number of aromatic nitrogens is 3. The first-order valence-corrected chi connectivity index (χ1v) is 5.59. The van der Waals surface area contributed by atoms with Crippen LogP contribution in [0.4, 0.5) is 0 Å². The highest BCUT2D eigenvalue weighted by Gasteiger charge is 2.07. The monoisotopic (exact) mass is 247 g/mol. The number of pyridine rings is 1. The molecule has 0 saturated carbocycles. The molecule has 0 bridgehead atoms. The summed E-state index contributed by atoms with van der Waals surface area (Å²) in [5, 5.41) is 12.9. The van der Waals surface area contributed by atoms with Gasteiger partial charge in [-0.1, -0.05) is 13.0 Å². The van der Waals surface area contributed by atoms with Crippen LogP contribution < -0.4 is 4.74 Å². The molecular formula is C12H13N3O3. The zero-order valence-corrected chi connectivity index (χ0v) is 9.91. The molecule has 2 heterocycles. The first kappa shape index (κ1) is 12.1. The Morgan fingerprint density at radius 2 is 2.33 bits per heavy atom. The molecule has 1 N–H and O–H groups in total. The summed E-state index contributed by atoms with van der Waals surface area (Å²) in [6.45, 7) is 2.64. The Morgan fingerprint density at radius 3 is 3.06 bits per heavy atom. The quantitative estimate of drug-likeness (QED) is 0.871. The fourth-order valence-electron chi connectivity index (χ4n) is 1.40. The molecule has 0 radical (unpaired) electrons. The summed E-state index contributed by atoms with van der Waals surface area (Å²) < 4.78 is 6.89. The summed E-state index contributed by atoms with van der Waals surface area (Å²) in [5.41, 5.74) is -0.0148. The molecular weight excluding hydrogens is 234 g/mol. The third kappa shape index (κ3) is 2.65. The lowest BCUT2D eigenvalue weighted by Gasteiger charge is -2.01. The number of carboxylic acid groups (broad SMARTS) is 1. The van der Waals surface area contributed by atoms with E-state index in [2.05, 4.69) is 10.1 Å². The van der Waals surface area contributed by atoms with E-state index < -0.39 is 5.97 Å². The van der Waals surface area contributed by atoms with E-state index in [1.807, 2.05) is 6.92 Å². The zero-order valence-electron chi connectivity index (χ0n) is 9.91. The Hall–Kier alpha value is -2.37. The summed E-state index contributed by atoms with van der Waals surface area (Å²) in [4.78, 5) is 14.8. The van der Waals surface area contributed by atoms with E-state index in [-0.39, 0.29) is 5.69 Å². The molecule has 0 saturated heterocycles. The van der Waals surface area contributed by atoms with Gasteiger partial charge >= 0.3 is 5.97 Å². The van der Waals surface area contributed by atoms with E-state index in [0.717, 1.165) is 6.42 Å². The van der Waals surface area contributed by atoms with E-state index in [0.29, 0.717) is 18.2 Å². The summed E-state index contributed by atoms with van der Waals surface area (Å²) in [7, 11) is 0. The van der Waals surface area contributed by atoms with E-state index in [1.165, 1.54) is 10.7 Å². The third-order valence-electron chi connectivity index (χ3n) is 2.22. The second-order valence-electron chi connectivity index (χ2n) is 3.66. The molecule has 0 atom stereocenters. The van der Waals surface area contributed by atoms with E-state index in [1.54, 1.807) is 24.5 Å². The molecule has 0 aliphatic rings. The van der Waals surface area contributed by atoms with Crippen molar-refractivity contribution in [1.29, 1.82) is 0 Å². The Kier molecular flexibility index (Phi) is 3.57. The van der Waals surface area contributed by atoms with Crippen LogP contribution in [0.25, 0.3) is 5.82 Å². The van der Waals surface area contributed by atoms with Crippen molar-refractivity contribution in [2.75, 3.05) is 6.61 Å². The maximum atomic E-state index is 10.8. The number of ether oxygens (including phenoxy) is 1. The van der Waals surface area contributed by atoms with Gasteiger partial charge in [-0.15, -0.1) is 0 Å². The lowest BCUT2D eigenvalue weighted by atomic mass is 10.3. The minimum atomic E-state index is -1.06. The van der Waals surface area contributed by atoms with Crippen LogP contribution >= 0.6 is 0 Å². The minimum Gasteiger partial charge on any atom is -0.490 e. The number of carbonyl (C=O) groups is 1. The second kappa shape index (κ2) is 5.31. The lowest BCUT2D eigenvalue weighted by molar-refractivity contribution is 0.0690. The Bertz CT molecular complexity index is 551. The van der Waals surface area contributed by atoms with Crippen molar-refractivity contribution in [3.63, 3.8) is 0 Å². The largest absolute Gasteiger partial charge is 0.490 e. The smallest absolute Gasteiger partial charge is 0.354 e. The van der Waals surface area contributed by atoms with Crippen LogP contribution in [-0.4, -0.2) is 32.4 Å². The van der Waals surface area contributed by atoms with Crippen LogP contribution in [0.15, 0.2) is 30.6 Å². The van der Waals surface area contributed by atoms with Gasteiger partial charge in [-0.05, 0) is 18.6 Å². The molecule has 18 heavy (non-hydrogen) atoms. The van der Waals surface area contributed by atoms with E-state index >= 15 is 0 Å². The molecule has 0 spiro atoms. The second-order valence-corrected chi connectivity index (χ2v) is 3.66. The van der Waals surface area contributed by atoms with Crippen molar-refractivity contribution < 1.29 is 14.6 Å². The number of nitrogens with zero attached hydrogens (tertiary/aromatic N) is 3. The van der Waals surface area contributed by atoms with Crippen LogP contribution in [0.2, 0.25) is 0 Å². The lowest BCUT2D eigenvalue weighted by Crippen LogP contribution is -2.04. The fourth-order valence-corrected chi connectivity index (χ4v) is 1.40. The average molecular weight is 247 g/mol. The molecule has 2 aromatic heterocycles. The van der Waals surface area contributed by atoms with Gasteiger partial charge in [-0.2, -0.15) is 5.10 Å². The van der Waals surface area contributed by atoms with Crippen LogP contribution in [-0.2, 0) is 0 Å². The number of aromatic carboxylic acids is 1. The molecule has 2 rings (SSSR count). The van der Waals surface area contributed by atoms with Gasteiger partial charge in [0, 0.05) is 0 Å². The van der Waals surface area contributed by atoms with Gasteiger partial charge in [0.1, 0.15) is 0 Å². The maximum absolute atomic E-state index is 10.8. The van der Waals surface area contributed by atoms with Crippen molar-refractivity contribution in [3.05, 3.63) is 36.3 Å². The zero-order chi connectivity index (χ0) is 13.0. The Labute approximate surface area is 104 Å². The molecule has 0 aromatic carbocycles. The predicted molar refractivity (Wildman–Crippen MR) is 64.1 cm³/mol. The summed E-state index contributed by atoms with van der Waals surface area (Å²) in [6.07, 6.45) is 4.16. The van der Waals surface area contributed by atoms with Gasteiger partial charge in [-0.3, -0.25) is 0 Å². The van der Waals surface area contributed by atoms with Gasteiger partial charge in [0.15, 0.2) is 17.3 Å². The van der Waals surface area contributed by atoms with Crippen molar-refractivity contribution >= 4 is 5.97 Å². The predicted octanol–water partition coefficient (Wildman–Crippen LogP) is 1.75. The van der Waals surface area contributed by atoms with Gasteiger partial charge in [0.05, 0.1) is 19.0 Å². The Morgan fingerprint density at radius 1 is 1.50 bits per heavy atom. The van der Waals surface area contributed by atoms with Gasteiger partial charge in [0.25, 0.3) is 0 Å². The normalized spacial score (nSPS) is 10.3. The number of rotatable bonds is 5. The Balaban J connectivity index is 2.23. The van der Waals surface area contributed by atoms with Gasteiger partial charge < -0.3 is 9.84 Å². The molecule has 0 fully saturated rings. The van der Waals surface area contributed by atoms with Crippen molar-refractivity contribution in [2.24, 2.45) is 0 Å². The molecule has 94 valence electrons. The van der Waals surface area contributed by atoms with Gasteiger partial charge in [0.2, 0.25) is 0 Å². The van der Waals surface area contributed by atoms with Crippen LogP contribution in [0.1, 0.15) is 23.8 Å². The molecule has 6 nitrogen and oxygen atoms in total. The molecule has 0 aliphatic heterocycles. The first-order valence-electron chi connectivity index (χ1n) is 5.59. The standard InChI is InChI=1S/C12H13N3O3/c1-2-6-18-9-7-13-15(8-9)11-5-3-4-10(14-11)12(16)17/h3-5,7-8H,2,6H2,1H3,(H,16,17). The maximum Gasteiger partial charge on any atom is 0.354 e. The van der Waals surface area contributed by atoms with E-state index in [9.17, 15) is 4.79 Å². The van der Waals surface area contributed by atoms with Crippen molar-refractivity contribution in [1.82, 2.24) is 14.8 Å². The number of hydrogen-bond donors (Lipinski definition) is 1. The van der Waals surface area contributed by atoms with Crippen molar-refractivity contribution in [2.45, 2.75) is 13.3 Å². The fraction of sp³-hybridized carbons (Fsp3) is 0.250. The molecule has 0 unspecified atom stereocenters. The van der Waals surface area contributed by atoms with E-state index in [4.69, 9.17) is 9.84 Å². The highest BCUT2D eigenvalue weighted by atomic mass is 16.5. The summed E-state index contributed by atoms with van der Waals surface area (Å²) >= 11 is 0. The molecule has 6 heteroatoms. The van der Waals surface area contributed by atoms with Crippen LogP contribution in [0.5, 0.6) is 5.75 Å². The minimum absolute atomic E-state index is 0.0148. The van der Waals surface area contributed by atoms with Crippen LogP contribution in [0, 0.1) is 0 Å². The number of carboxylic acids is 1. The molecule has 2 aromatic rings. The molecule has 0 amide bonds. The highest BCUT2D eigenvalue weighted by Crippen LogP contribution is 2.12. The topological polar surface area (TPSA) is 77.2 Å². The SMILES string of the molecule is CCCOc1cnn(-c2cccc(C(=O)O)n2)c1. The first-order chi connectivity index (χ1) is 8.70. The number of hydrogen-bond acceptors (Lipinski definition) is 4. The summed E-state index contributed by atoms with van der Waals surface area (Å²) in [6, 6.07) is 4.74.